The van der Waals surface area contributed by atoms with E-state index >= 15 is 0 Å². The molecule has 0 amide bonds. The summed E-state index contributed by atoms with van der Waals surface area (Å²) in [4.78, 5) is 13.7. The highest BCUT2D eigenvalue weighted by atomic mass is 79.9. The van der Waals surface area contributed by atoms with Crippen LogP contribution in [0.2, 0.25) is 5.02 Å². The van der Waals surface area contributed by atoms with Crippen molar-refractivity contribution >= 4 is 51.2 Å². The van der Waals surface area contributed by atoms with E-state index < -0.39 is 0 Å². The zero-order valence-corrected chi connectivity index (χ0v) is 17.4. The van der Waals surface area contributed by atoms with Crippen molar-refractivity contribution < 1.29 is 9.90 Å². The maximum absolute atomic E-state index is 13.0. The molecule has 2 nitrogen and oxygen atoms in total. The Balaban J connectivity index is 1.87. The number of rotatable bonds is 6. The minimum Gasteiger partial charge on any atom is -0.508 e. The van der Waals surface area contributed by atoms with Gasteiger partial charge in [0.1, 0.15) is 5.75 Å². The summed E-state index contributed by atoms with van der Waals surface area (Å²) in [6, 6.07) is 21.7. The first-order valence-corrected chi connectivity index (χ1v) is 10.4. The number of phenols is 1. The first kappa shape index (κ1) is 19.7. The summed E-state index contributed by atoms with van der Waals surface area (Å²) in [6.45, 7) is 0. The quantitative estimate of drug-likeness (QED) is 0.319. The van der Waals surface area contributed by atoms with Gasteiger partial charge in [-0.15, -0.1) is 11.8 Å². The Kier molecular flexibility index (Phi) is 6.78. The summed E-state index contributed by atoms with van der Waals surface area (Å²) < 4.78 is 0.928. The minimum atomic E-state index is -0.0328. The number of hydrogen-bond acceptors (Lipinski definition) is 3. The molecule has 27 heavy (non-hydrogen) atoms. The Morgan fingerprint density at radius 1 is 0.963 bits per heavy atom. The summed E-state index contributed by atoms with van der Waals surface area (Å²) >= 11 is 10.8. The summed E-state index contributed by atoms with van der Waals surface area (Å²) in [5, 5.41) is 10.2. The zero-order valence-electron chi connectivity index (χ0n) is 14.2. The number of carbonyl (C=O) groups excluding carboxylic acids is 1. The van der Waals surface area contributed by atoms with Gasteiger partial charge in [-0.2, -0.15) is 0 Å². The topological polar surface area (TPSA) is 37.3 Å². The van der Waals surface area contributed by atoms with E-state index in [1.54, 1.807) is 36.4 Å². The van der Waals surface area contributed by atoms with Gasteiger partial charge in [-0.25, -0.2) is 0 Å². The van der Waals surface area contributed by atoms with Crippen molar-refractivity contribution in [2.45, 2.75) is 5.75 Å². The molecule has 0 saturated heterocycles. The molecule has 0 aliphatic carbocycles. The number of phenolic OH excluding ortho intramolecular Hbond substituents is 1. The van der Waals surface area contributed by atoms with Crippen molar-refractivity contribution in [3.8, 4) is 5.75 Å². The predicted octanol–water partition coefficient (Wildman–Crippen LogP) is 6.97. The lowest BCUT2D eigenvalue weighted by molar-refractivity contribution is 0.104. The summed E-state index contributed by atoms with van der Waals surface area (Å²) in [5.41, 5.74) is 2.58. The van der Waals surface area contributed by atoms with E-state index in [9.17, 15) is 9.90 Å². The van der Waals surface area contributed by atoms with E-state index in [-0.39, 0.29) is 11.5 Å². The third-order valence-corrected chi connectivity index (χ3v) is 5.70. The summed E-state index contributed by atoms with van der Waals surface area (Å²) in [5.74, 6) is 0.819. The highest BCUT2D eigenvalue weighted by Crippen LogP contribution is 2.28. The lowest BCUT2D eigenvalue weighted by Gasteiger charge is -2.08. The smallest absolute Gasteiger partial charge is 0.199 e. The van der Waals surface area contributed by atoms with E-state index in [1.807, 2.05) is 42.5 Å². The number of thioether (sulfide) groups is 1. The normalized spacial score (nSPS) is 11.4. The molecule has 0 aliphatic heterocycles. The number of ketones is 1. The second-order valence-corrected chi connectivity index (χ2v) is 8.22. The second-order valence-electron chi connectivity index (χ2n) is 5.85. The Morgan fingerprint density at radius 3 is 2.22 bits per heavy atom. The van der Waals surface area contributed by atoms with Crippen LogP contribution >= 0.6 is 39.3 Å². The first-order chi connectivity index (χ1) is 13.0. The van der Waals surface area contributed by atoms with Crippen LogP contribution in [-0.4, -0.2) is 10.9 Å². The van der Waals surface area contributed by atoms with Crippen molar-refractivity contribution in [1.29, 1.82) is 0 Å². The average molecular weight is 460 g/mol. The van der Waals surface area contributed by atoms with Gasteiger partial charge in [-0.05, 0) is 65.7 Å². The lowest BCUT2D eigenvalue weighted by atomic mass is 10.1. The van der Waals surface area contributed by atoms with E-state index in [4.69, 9.17) is 11.6 Å². The number of benzene rings is 3. The van der Waals surface area contributed by atoms with Crippen LogP contribution in [0.5, 0.6) is 5.75 Å². The maximum atomic E-state index is 13.0. The number of Topliss-reactive ketones (excluding diaryl/α,β-unsaturated/α-hetero) is 1. The fourth-order valence-electron chi connectivity index (χ4n) is 2.38. The number of allylic oxidation sites excluding steroid dienone is 1. The molecule has 5 heteroatoms. The van der Waals surface area contributed by atoms with Gasteiger partial charge in [0, 0.05) is 20.8 Å². The van der Waals surface area contributed by atoms with Gasteiger partial charge in [0.05, 0.1) is 4.91 Å². The lowest BCUT2D eigenvalue weighted by Crippen LogP contribution is -2.01. The molecule has 136 valence electrons. The third-order valence-electron chi connectivity index (χ3n) is 3.83. The Hall–Kier alpha value is -2.01. The Morgan fingerprint density at radius 2 is 1.59 bits per heavy atom. The molecule has 3 rings (SSSR count). The van der Waals surface area contributed by atoms with Gasteiger partial charge in [0.15, 0.2) is 5.78 Å². The molecule has 0 atom stereocenters. The van der Waals surface area contributed by atoms with Gasteiger partial charge in [0.2, 0.25) is 0 Å². The summed E-state index contributed by atoms with van der Waals surface area (Å²) in [7, 11) is 0. The molecule has 0 spiro atoms. The van der Waals surface area contributed by atoms with Gasteiger partial charge in [0.25, 0.3) is 0 Å². The molecule has 0 aliphatic rings. The van der Waals surface area contributed by atoms with Crippen LogP contribution in [0, 0.1) is 0 Å². The molecule has 0 bridgehead atoms. The van der Waals surface area contributed by atoms with Gasteiger partial charge < -0.3 is 5.11 Å². The molecule has 3 aromatic rings. The zero-order chi connectivity index (χ0) is 19.2. The molecule has 0 radical (unpaired) electrons. The molecule has 0 saturated carbocycles. The van der Waals surface area contributed by atoms with E-state index in [0.29, 0.717) is 21.2 Å². The predicted molar refractivity (Wildman–Crippen MR) is 117 cm³/mol. The number of hydrogen-bond donors (Lipinski definition) is 1. The molecule has 3 aromatic carbocycles. The molecule has 0 aromatic heterocycles. The fourth-order valence-corrected chi connectivity index (χ4v) is 3.75. The minimum absolute atomic E-state index is 0.0328. The number of halogens is 2. The Bertz CT molecular complexity index is 949. The van der Waals surface area contributed by atoms with Crippen LogP contribution in [0.15, 0.2) is 82.2 Å². The van der Waals surface area contributed by atoms with Gasteiger partial charge in [-0.1, -0.05) is 51.8 Å². The van der Waals surface area contributed by atoms with E-state index in [0.717, 1.165) is 15.6 Å². The molecular formula is C22H16BrClO2S. The van der Waals surface area contributed by atoms with Crippen LogP contribution in [0.4, 0.5) is 0 Å². The van der Waals surface area contributed by atoms with Crippen molar-refractivity contribution in [3.63, 3.8) is 0 Å². The molecular weight excluding hydrogens is 444 g/mol. The fraction of sp³-hybridized carbons (Fsp3) is 0.0455. The van der Waals surface area contributed by atoms with Crippen LogP contribution in [0.1, 0.15) is 21.5 Å². The highest BCUT2D eigenvalue weighted by molar-refractivity contribution is 9.10. The van der Waals surface area contributed by atoms with Crippen molar-refractivity contribution in [1.82, 2.24) is 0 Å². The van der Waals surface area contributed by atoms with Crippen molar-refractivity contribution in [2.24, 2.45) is 0 Å². The van der Waals surface area contributed by atoms with Crippen LogP contribution < -0.4 is 0 Å². The Labute approximate surface area is 176 Å². The van der Waals surface area contributed by atoms with Crippen LogP contribution in [0.3, 0.4) is 0 Å². The third kappa shape index (κ3) is 5.73. The van der Waals surface area contributed by atoms with Crippen molar-refractivity contribution in [3.05, 3.63) is 104 Å². The average Bonchev–Trinajstić information content (AvgIpc) is 2.68. The maximum Gasteiger partial charge on any atom is 0.199 e. The SMILES string of the molecule is O=C(/C(=C\c1ccc(O)cc1)SCc1ccc(Cl)cc1)c1ccc(Br)cc1. The summed E-state index contributed by atoms with van der Waals surface area (Å²) in [6.07, 6.45) is 1.85. The van der Waals surface area contributed by atoms with E-state index in [1.165, 1.54) is 11.8 Å². The molecule has 1 N–H and O–H groups in total. The molecule has 0 heterocycles. The van der Waals surface area contributed by atoms with Crippen molar-refractivity contribution in [2.75, 3.05) is 0 Å². The monoisotopic (exact) mass is 458 g/mol. The standard InChI is InChI=1S/C22H16BrClO2S/c23-18-7-5-17(6-8-18)22(26)21(13-15-3-11-20(25)12-4-15)27-14-16-1-9-19(24)10-2-16/h1-13,25H,14H2/b21-13+. The van der Waals surface area contributed by atoms with Crippen LogP contribution in [-0.2, 0) is 5.75 Å². The largest absolute Gasteiger partial charge is 0.508 e. The van der Waals surface area contributed by atoms with E-state index in [2.05, 4.69) is 15.9 Å². The van der Waals surface area contributed by atoms with Crippen LogP contribution in [0.25, 0.3) is 6.08 Å². The first-order valence-electron chi connectivity index (χ1n) is 8.19. The number of aromatic hydroxyl groups is 1. The van der Waals surface area contributed by atoms with Gasteiger partial charge in [-0.3, -0.25) is 4.79 Å². The molecule has 0 fully saturated rings. The highest BCUT2D eigenvalue weighted by Gasteiger charge is 2.14. The number of carbonyl (C=O) groups is 1. The van der Waals surface area contributed by atoms with Gasteiger partial charge >= 0.3 is 0 Å². The molecule has 0 unspecified atom stereocenters. The second kappa shape index (κ2) is 9.27.